The first-order valence-electron chi connectivity index (χ1n) is 12.3. The molecule has 2 unspecified atom stereocenters. The predicted octanol–water partition coefficient (Wildman–Crippen LogP) is 3.82. The summed E-state index contributed by atoms with van der Waals surface area (Å²) in [6.07, 6.45) is 3.02. The number of nitrogens with zero attached hydrogens (tertiary/aromatic N) is 3. The predicted molar refractivity (Wildman–Crippen MR) is 137 cm³/mol. The van der Waals surface area contributed by atoms with Gasteiger partial charge in [0.25, 0.3) is 0 Å². The van der Waals surface area contributed by atoms with Gasteiger partial charge >= 0.3 is 0 Å². The highest BCUT2D eigenvalue weighted by atomic mass is 16.3. The van der Waals surface area contributed by atoms with Crippen LogP contribution in [0.4, 0.5) is 0 Å². The monoisotopic (exact) mass is 476 g/mol. The zero-order chi connectivity index (χ0) is 25.0. The minimum atomic E-state index is -0.536. The molecule has 1 amide bonds. The molecule has 3 aromatic rings. The summed E-state index contributed by atoms with van der Waals surface area (Å²) in [5.41, 5.74) is 2.42. The van der Waals surface area contributed by atoms with Crippen LogP contribution in [0.5, 0.6) is 5.75 Å². The third kappa shape index (κ3) is 5.92. The van der Waals surface area contributed by atoms with E-state index in [2.05, 4.69) is 30.7 Å². The molecule has 1 fully saturated rings. The molecule has 1 aliphatic rings. The smallest absolute Gasteiger partial charge is 0.248 e. The number of carbonyl (C=O) groups is 1. The van der Waals surface area contributed by atoms with Crippen LogP contribution in [0.25, 0.3) is 11.3 Å². The van der Waals surface area contributed by atoms with Gasteiger partial charge in [0.2, 0.25) is 5.91 Å². The third-order valence-corrected chi connectivity index (χ3v) is 6.59. The van der Waals surface area contributed by atoms with Crippen molar-refractivity contribution in [3.05, 3.63) is 72.2 Å². The average Bonchev–Trinajstić information content (AvgIpc) is 3.48. The van der Waals surface area contributed by atoms with Crippen LogP contribution in [0.1, 0.15) is 44.6 Å². The summed E-state index contributed by atoms with van der Waals surface area (Å²) in [5.74, 6) is 1.03. The first-order valence-corrected chi connectivity index (χ1v) is 12.3. The number of aromatic nitrogens is 2. The second-order valence-corrected chi connectivity index (χ2v) is 10.5. The van der Waals surface area contributed by atoms with Crippen molar-refractivity contribution in [1.82, 2.24) is 19.8 Å². The second kappa shape index (κ2) is 10.6. The van der Waals surface area contributed by atoms with Crippen LogP contribution in [-0.2, 0) is 11.3 Å². The van der Waals surface area contributed by atoms with Gasteiger partial charge in [-0.1, -0.05) is 63.2 Å². The summed E-state index contributed by atoms with van der Waals surface area (Å²) in [4.78, 5) is 20.1. The number of hydrogen-bond donors (Lipinski definition) is 3. The molecule has 0 bridgehead atoms. The molecule has 2 heterocycles. The van der Waals surface area contributed by atoms with E-state index < -0.39 is 6.61 Å². The number of imidazole rings is 1. The topological polar surface area (TPSA) is 90.6 Å². The molecule has 0 saturated carbocycles. The number of phenols is 1. The van der Waals surface area contributed by atoms with Crippen LogP contribution in [0.2, 0.25) is 0 Å². The highest BCUT2D eigenvalue weighted by Crippen LogP contribution is 2.40. The highest BCUT2D eigenvalue weighted by Gasteiger charge is 2.39. The number of aliphatic hydroxyl groups is 1. The summed E-state index contributed by atoms with van der Waals surface area (Å²) in [7, 11) is 0. The SMILES string of the molecule is CC(C)(C)C(c1nc(-c2ccccc2)cn1Cc1cccc(O)c1)N(CC1CCNC1)C(=O)CO. The lowest BCUT2D eigenvalue weighted by atomic mass is 9.84. The van der Waals surface area contributed by atoms with Gasteiger partial charge in [-0.15, -0.1) is 0 Å². The molecule has 35 heavy (non-hydrogen) atoms. The number of aliphatic hydroxyl groups excluding tert-OH is 1. The van der Waals surface area contributed by atoms with Gasteiger partial charge in [0.1, 0.15) is 18.2 Å². The van der Waals surface area contributed by atoms with Gasteiger partial charge < -0.3 is 25.0 Å². The molecule has 3 N–H and O–H groups in total. The number of amides is 1. The number of phenolic OH excluding ortho intramolecular Hbond substituents is 1. The van der Waals surface area contributed by atoms with Crippen LogP contribution < -0.4 is 5.32 Å². The van der Waals surface area contributed by atoms with Crippen molar-refractivity contribution in [2.75, 3.05) is 26.2 Å². The van der Waals surface area contributed by atoms with Gasteiger partial charge in [-0.05, 0) is 48.5 Å². The van der Waals surface area contributed by atoms with Gasteiger partial charge in [-0.3, -0.25) is 4.79 Å². The summed E-state index contributed by atoms with van der Waals surface area (Å²) in [5, 5.41) is 23.3. The Labute approximate surface area is 207 Å². The van der Waals surface area contributed by atoms with Crippen LogP contribution in [0, 0.1) is 11.3 Å². The Hall–Kier alpha value is -3.16. The lowest BCUT2D eigenvalue weighted by Crippen LogP contribution is -2.46. The quantitative estimate of drug-likeness (QED) is 0.460. The largest absolute Gasteiger partial charge is 0.508 e. The average molecular weight is 477 g/mol. The molecule has 0 aliphatic carbocycles. The maximum absolute atomic E-state index is 13.1. The van der Waals surface area contributed by atoms with Gasteiger partial charge in [0.05, 0.1) is 11.7 Å². The van der Waals surface area contributed by atoms with Gasteiger partial charge in [0.15, 0.2) is 0 Å². The molecular formula is C28H36N4O3. The van der Waals surface area contributed by atoms with Crippen molar-refractivity contribution in [3.8, 4) is 17.0 Å². The Kier molecular flexibility index (Phi) is 7.57. The number of carbonyl (C=O) groups excluding carboxylic acids is 1. The fraction of sp³-hybridized carbons (Fsp3) is 0.429. The molecule has 186 valence electrons. The molecule has 2 aromatic carbocycles. The summed E-state index contributed by atoms with van der Waals surface area (Å²) in [6.45, 7) is 8.66. The first-order chi connectivity index (χ1) is 16.8. The van der Waals surface area contributed by atoms with Crippen LogP contribution in [-0.4, -0.2) is 56.8 Å². The Bertz CT molecular complexity index is 1130. The standard InChI is InChI=1S/C28H36N4O3/c1-28(2,3)26(32(25(35)19-33)17-21-12-13-29-15-21)27-30-24(22-9-5-4-6-10-22)18-31(27)16-20-8-7-11-23(34)14-20/h4-11,14,18,21,26,29,33-34H,12-13,15-17,19H2,1-3H3. The lowest BCUT2D eigenvalue weighted by Gasteiger charge is -2.41. The fourth-order valence-corrected chi connectivity index (χ4v) is 4.96. The highest BCUT2D eigenvalue weighted by molar-refractivity contribution is 5.77. The molecule has 0 spiro atoms. The molecule has 4 rings (SSSR count). The molecule has 7 nitrogen and oxygen atoms in total. The van der Waals surface area contributed by atoms with Gasteiger partial charge in [-0.2, -0.15) is 0 Å². The summed E-state index contributed by atoms with van der Waals surface area (Å²) < 4.78 is 2.08. The molecule has 1 saturated heterocycles. The summed E-state index contributed by atoms with van der Waals surface area (Å²) in [6, 6.07) is 16.9. The van der Waals surface area contributed by atoms with E-state index >= 15 is 0 Å². The lowest BCUT2D eigenvalue weighted by molar-refractivity contribution is -0.140. The van der Waals surface area contributed by atoms with Crippen LogP contribution >= 0.6 is 0 Å². The van der Waals surface area contributed by atoms with Crippen LogP contribution in [0.15, 0.2) is 60.8 Å². The van der Waals surface area contributed by atoms with Crippen molar-refractivity contribution in [3.63, 3.8) is 0 Å². The van der Waals surface area contributed by atoms with E-state index in [9.17, 15) is 15.0 Å². The maximum atomic E-state index is 13.1. The number of benzene rings is 2. The zero-order valence-electron chi connectivity index (χ0n) is 20.8. The molecule has 1 aromatic heterocycles. The van der Waals surface area contributed by atoms with E-state index in [1.165, 1.54) is 0 Å². The van der Waals surface area contributed by atoms with Crippen LogP contribution in [0.3, 0.4) is 0 Å². The van der Waals surface area contributed by atoms with E-state index in [1.54, 1.807) is 12.1 Å². The van der Waals surface area contributed by atoms with Crippen molar-refractivity contribution in [2.24, 2.45) is 11.3 Å². The van der Waals surface area contributed by atoms with E-state index in [0.29, 0.717) is 19.0 Å². The minimum absolute atomic E-state index is 0.214. The van der Waals surface area contributed by atoms with E-state index in [0.717, 1.165) is 42.2 Å². The fourth-order valence-electron chi connectivity index (χ4n) is 4.96. The third-order valence-electron chi connectivity index (χ3n) is 6.59. The molecule has 0 radical (unpaired) electrons. The van der Waals surface area contributed by atoms with Crippen molar-refractivity contribution in [2.45, 2.75) is 39.8 Å². The first kappa shape index (κ1) is 24.9. The Morgan fingerprint density at radius 2 is 1.97 bits per heavy atom. The maximum Gasteiger partial charge on any atom is 0.248 e. The number of hydrogen-bond acceptors (Lipinski definition) is 5. The van der Waals surface area contributed by atoms with Crippen molar-refractivity contribution < 1.29 is 15.0 Å². The number of nitrogens with one attached hydrogen (secondary N) is 1. The second-order valence-electron chi connectivity index (χ2n) is 10.5. The minimum Gasteiger partial charge on any atom is -0.508 e. The van der Waals surface area contributed by atoms with E-state index in [4.69, 9.17) is 4.98 Å². The van der Waals surface area contributed by atoms with Gasteiger partial charge in [-0.25, -0.2) is 4.98 Å². The van der Waals surface area contributed by atoms with Crippen molar-refractivity contribution in [1.29, 1.82) is 0 Å². The molecule has 2 atom stereocenters. The summed E-state index contributed by atoms with van der Waals surface area (Å²) >= 11 is 0. The zero-order valence-corrected chi connectivity index (χ0v) is 20.8. The Balaban J connectivity index is 1.82. The Morgan fingerprint density at radius 1 is 1.20 bits per heavy atom. The van der Waals surface area contributed by atoms with Gasteiger partial charge in [0, 0.05) is 24.8 Å². The number of aromatic hydroxyl groups is 1. The molecular weight excluding hydrogens is 440 g/mol. The Morgan fingerprint density at radius 3 is 2.60 bits per heavy atom. The molecule has 1 aliphatic heterocycles. The molecule has 7 heteroatoms. The van der Waals surface area contributed by atoms with E-state index in [-0.39, 0.29) is 23.1 Å². The number of rotatable bonds is 8. The normalized spacial score (nSPS) is 16.9. The van der Waals surface area contributed by atoms with E-state index in [1.807, 2.05) is 53.6 Å². The van der Waals surface area contributed by atoms with Crippen molar-refractivity contribution >= 4 is 5.91 Å².